The Balaban J connectivity index is 1.99. The summed E-state index contributed by atoms with van der Waals surface area (Å²) in [6.45, 7) is 0.433. The van der Waals surface area contributed by atoms with Crippen LogP contribution in [0, 0.1) is 5.82 Å². The highest BCUT2D eigenvalue weighted by Gasteiger charge is 2.15. The highest BCUT2D eigenvalue weighted by atomic mass is 35.5. The van der Waals surface area contributed by atoms with Crippen LogP contribution in [0.1, 0.15) is 5.56 Å². The van der Waals surface area contributed by atoms with Crippen LogP contribution in [-0.4, -0.2) is 17.1 Å². The van der Waals surface area contributed by atoms with Crippen LogP contribution in [-0.2, 0) is 6.54 Å². The summed E-state index contributed by atoms with van der Waals surface area (Å²) in [6, 6.07) is 16.0. The number of pyridine rings is 1. The molecule has 3 rings (SSSR count). The van der Waals surface area contributed by atoms with Crippen molar-refractivity contribution in [1.82, 2.24) is 10.3 Å². The topological polar surface area (TPSA) is 28.2 Å². The van der Waals surface area contributed by atoms with Crippen LogP contribution in [0.15, 0.2) is 54.6 Å². The van der Waals surface area contributed by atoms with Gasteiger partial charge in [-0.05, 0) is 48.6 Å². The normalized spacial score (nSPS) is 10.6. The monoisotopic (exact) mass is 359 g/mol. The first-order valence-corrected chi connectivity index (χ1v) is 8.16. The molecule has 0 aliphatic rings. The molecule has 2 aromatic carbocycles. The van der Waals surface area contributed by atoms with Crippen LogP contribution in [0.5, 0.6) is 0 Å². The lowest BCUT2D eigenvalue weighted by atomic mass is 10.1. The average molecular weight is 360 g/mol. The molecule has 1 heterocycles. The molecular formula is C18H15ClFN3S. The second-order valence-electron chi connectivity index (χ2n) is 5.25. The Hall–Kier alpha value is -2.24. The highest BCUT2D eigenvalue weighted by Crippen LogP contribution is 2.24. The van der Waals surface area contributed by atoms with Gasteiger partial charge < -0.3 is 10.2 Å². The summed E-state index contributed by atoms with van der Waals surface area (Å²) in [5.41, 5.74) is 2.47. The molecule has 0 bridgehead atoms. The predicted molar refractivity (Wildman–Crippen MR) is 101 cm³/mol. The number of benzene rings is 2. The zero-order valence-electron chi connectivity index (χ0n) is 13.0. The molecule has 0 atom stereocenters. The van der Waals surface area contributed by atoms with Crippen molar-refractivity contribution in [3.8, 4) is 0 Å². The molecular weight excluding hydrogens is 345 g/mol. The fraction of sp³-hybridized carbons (Fsp3) is 0.111. The average Bonchev–Trinajstić information content (AvgIpc) is 2.60. The molecule has 122 valence electrons. The number of hydrogen-bond donors (Lipinski definition) is 1. The molecule has 0 spiro atoms. The first-order chi connectivity index (χ1) is 11.6. The Labute approximate surface area is 150 Å². The molecule has 3 aromatic rings. The van der Waals surface area contributed by atoms with E-state index in [1.807, 2.05) is 35.2 Å². The smallest absolute Gasteiger partial charge is 0.173 e. The van der Waals surface area contributed by atoms with Crippen LogP contribution in [0.25, 0.3) is 10.9 Å². The number of hydrogen-bond acceptors (Lipinski definition) is 2. The van der Waals surface area contributed by atoms with Gasteiger partial charge in [-0.25, -0.2) is 9.37 Å². The number of para-hydroxylation sites is 1. The van der Waals surface area contributed by atoms with Gasteiger partial charge in [-0.1, -0.05) is 29.8 Å². The molecule has 0 saturated heterocycles. The number of aromatic nitrogens is 1. The quantitative estimate of drug-likeness (QED) is 0.549. The third kappa shape index (κ3) is 3.47. The molecule has 0 amide bonds. The van der Waals surface area contributed by atoms with Crippen LogP contribution in [0.2, 0.25) is 5.15 Å². The van der Waals surface area contributed by atoms with Crippen LogP contribution < -0.4 is 10.2 Å². The van der Waals surface area contributed by atoms with E-state index in [4.69, 9.17) is 23.8 Å². The van der Waals surface area contributed by atoms with E-state index in [0.29, 0.717) is 16.8 Å². The van der Waals surface area contributed by atoms with Crippen molar-refractivity contribution in [2.24, 2.45) is 0 Å². The fourth-order valence-corrected chi connectivity index (χ4v) is 2.83. The van der Waals surface area contributed by atoms with E-state index in [9.17, 15) is 4.39 Å². The van der Waals surface area contributed by atoms with Gasteiger partial charge in [0, 0.05) is 23.7 Å². The van der Waals surface area contributed by atoms with Gasteiger partial charge in [0.1, 0.15) is 11.0 Å². The van der Waals surface area contributed by atoms with Crippen molar-refractivity contribution in [3.63, 3.8) is 0 Å². The van der Waals surface area contributed by atoms with Gasteiger partial charge in [-0.15, -0.1) is 0 Å². The third-order valence-electron chi connectivity index (χ3n) is 3.68. The lowest BCUT2D eigenvalue weighted by Gasteiger charge is -2.25. The largest absolute Gasteiger partial charge is 0.365 e. The van der Waals surface area contributed by atoms with Crippen molar-refractivity contribution in [3.05, 3.63) is 71.1 Å². The first-order valence-electron chi connectivity index (χ1n) is 7.37. The zero-order chi connectivity index (χ0) is 17.1. The van der Waals surface area contributed by atoms with Gasteiger partial charge in [-0.2, -0.15) is 0 Å². The van der Waals surface area contributed by atoms with E-state index < -0.39 is 0 Å². The SMILES string of the molecule is CNC(=S)N(Cc1cc2ccccc2nc1Cl)c1ccc(F)cc1. The molecule has 1 N–H and O–H groups in total. The fourth-order valence-electron chi connectivity index (χ4n) is 2.45. The summed E-state index contributed by atoms with van der Waals surface area (Å²) >= 11 is 11.7. The van der Waals surface area contributed by atoms with Crippen LogP contribution >= 0.6 is 23.8 Å². The molecule has 0 fully saturated rings. The lowest BCUT2D eigenvalue weighted by Crippen LogP contribution is -2.37. The maximum absolute atomic E-state index is 13.2. The summed E-state index contributed by atoms with van der Waals surface area (Å²) in [6.07, 6.45) is 0. The second-order valence-corrected chi connectivity index (χ2v) is 5.99. The number of halogens is 2. The van der Waals surface area contributed by atoms with E-state index in [2.05, 4.69) is 10.3 Å². The summed E-state index contributed by atoms with van der Waals surface area (Å²) in [4.78, 5) is 6.29. The third-order valence-corrected chi connectivity index (χ3v) is 4.43. The van der Waals surface area contributed by atoms with Gasteiger partial charge in [-0.3, -0.25) is 0 Å². The van der Waals surface area contributed by atoms with E-state index in [1.54, 1.807) is 19.2 Å². The van der Waals surface area contributed by atoms with E-state index in [-0.39, 0.29) is 5.82 Å². The number of nitrogens with zero attached hydrogens (tertiary/aromatic N) is 2. The Morgan fingerprint density at radius 1 is 1.21 bits per heavy atom. The standard InChI is InChI=1S/C18H15ClFN3S/c1-21-18(24)23(15-8-6-14(20)7-9-15)11-13-10-12-4-2-3-5-16(12)22-17(13)19/h2-10H,11H2,1H3,(H,21,24). The zero-order valence-corrected chi connectivity index (χ0v) is 14.5. The minimum absolute atomic E-state index is 0.292. The second kappa shape index (κ2) is 7.11. The van der Waals surface area contributed by atoms with Gasteiger partial charge in [0.05, 0.1) is 12.1 Å². The number of anilines is 1. The van der Waals surface area contributed by atoms with Crippen molar-refractivity contribution in [1.29, 1.82) is 0 Å². The molecule has 6 heteroatoms. The summed E-state index contributed by atoms with van der Waals surface area (Å²) < 4.78 is 13.2. The summed E-state index contributed by atoms with van der Waals surface area (Å²) in [7, 11) is 1.75. The molecule has 0 unspecified atom stereocenters. The number of nitrogens with one attached hydrogen (secondary N) is 1. The molecule has 0 radical (unpaired) electrons. The van der Waals surface area contributed by atoms with Crippen LogP contribution in [0.4, 0.5) is 10.1 Å². The first kappa shape index (κ1) is 16.6. The summed E-state index contributed by atoms with van der Waals surface area (Å²) in [5, 5.41) is 4.91. The summed E-state index contributed by atoms with van der Waals surface area (Å²) in [5.74, 6) is -0.292. The lowest BCUT2D eigenvalue weighted by molar-refractivity contribution is 0.628. The Bertz CT molecular complexity index is 883. The maximum atomic E-state index is 13.2. The van der Waals surface area contributed by atoms with E-state index in [0.717, 1.165) is 22.2 Å². The minimum Gasteiger partial charge on any atom is -0.365 e. The Morgan fingerprint density at radius 3 is 2.62 bits per heavy atom. The molecule has 24 heavy (non-hydrogen) atoms. The van der Waals surface area contributed by atoms with Gasteiger partial charge >= 0.3 is 0 Å². The highest BCUT2D eigenvalue weighted by molar-refractivity contribution is 7.80. The van der Waals surface area contributed by atoms with Crippen LogP contribution in [0.3, 0.4) is 0 Å². The maximum Gasteiger partial charge on any atom is 0.173 e. The molecule has 1 aromatic heterocycles. The molecule has 0 aliphatic heterocycles. The Morgan fingerprint density at radius 2 is 1.92 bits per heavy atom. The minimum atomic E-state index is -0.292. The van der Waals surface area contributed by atoms with Gasteiger partial charge in [0.25, 0.3) is 0 Å². The predicted octanol–water partition coefficient (Wildman–Crippen LogP) is 4.54. The Kier molecular flexibility index (Phi) is 4.92. The number of fused-ring (bicyclic) bond motifs is 1. The molecule has 3 nitrogen and oxygen atoms in total. The van der Waals surface area contributed by atoms with Crippen molar-refractivity contribution in [2.75, 3.05) is 11.9 Å². The van der Waals surface area contributed by atoms with E-state index >= 15 is 0 Å². The van der Waals surface area contributed by atoms with E-state index in [1.165, 1.54) is 12.1 Å². The van der Waals surface area contributed by atoms with Gasteiger partial charge in [0.15, 0.2) is 5.11 Å². The number of rotatable bonds is 3. The van der Waals surface area contributed by atoms with Crippen molar-refractivity contribution in [2.45, 2.75) is 6.54 Å². The molecule has 0 aliphatic carbocycles. The molecule has 0 saturated carbocycles. The van der Waals surface area contributed by atoms with Crippen molar-refractivity contribution >= 4 is 45.5 Å². The van der Waals surface area contributed by atoms with Gasteiger partial charge in [0.2, 0.25) is 0 Å². The van der Waals surface area contributed by atoms with Crippen molar-refractivity contribution < 1.29 is 4.39 Å². The number of thiocarbonyl (C=S) groups is 1.